The van der Waals surface area contributed by atoms with Crippen LogP contribution in [-0.4, -0.2) is 26.0 Å². The number of hydrogen-bond acceptors (Lipinski definition) is 5. The van der Waals surface area contributed by atoms with Crippen LogP contribution in [0.3, 0.4) is 0 Å². The number of carbonyl (C=O) groups excluding carboxylic acids is 2. The molecule has 0 aromatic heterocycles. The van der Waals surface area contributed by atoms with Crippen molar-refractivity contribution in [3.63, 3.8) is 0 Å². The number of amides is 2. The van der Waals surface area contributed by atoms with Crippen molar-refractivity contribution in [2.75, 3.05) is 24.9 Å². The molecule has 9 heteroatoms. The Morgan fingerprint density at radius 1 is 0.789 bits per heavy atom. The summed E-state index contributed by atoms with van der Waals surface area (Å²) in [5, 5.41) is 6.05. The standard InChI is InChI=1S/C29H24Cl2N2O4S/c1-36-25-14-11-19(15-26(25)37-2)28(34)32-21-9-6-10-22(17-21)38-27(18-7-4-3-5-8-18)29(35)33-24-13-12-20(30)16-23(24)31/h3-17,27H,1-2H3,(H,32,34)(H,33,35). The molecule has 4 rings (SSSR count). The van der Waals surface area contributed by atoms with E-state index < -0.39 is 5.25 Å². The lowest BCUT2D eigenvalue weighted by Gasteiger charge is -2.18. The number of nitrogens with one attached hydrogen (secondary N) is 2. The lowest BCUT2D eigenvalue weighted by atomic mass is 10.1. The summed E-state index contributed by atoms with van der Waals surface area (Å²) in [6.07, 6.45) is 0. The summed E-state index contributed by atoms with van der Waals surface area (Å²) in [6.45, 7) is 0. The quantitative estimate of drug-likeness (QED) is 0.203. The van der Waals surface area contributed by atoms with Gasteiger partial charge in [0.1, 0.15) is 5.25 Å². The molecule has 0 saturated heterocycles. The van der Waals surface area contributed by atoms with Crippen LogP contribution >= 0.6 is 35.0 Å². The predicted octanol–water partition coefficient (Wildman–Crippen LogP) is 7.74. The van der Waals surface area contributed by atoms with Crippen LogP contribution in [-0.2, 0) is 4.79 Å². The highest BCUT2D eigenvalue weighted by molar-refractivity contribution is 8.00. The van der Waals surface area contributed by atoms with Gasteiger partial charge in [-0.25, -0.2) is 0 Å². The highest BCUT2D eigenvalue weighted by Crippen LogP contribution is 2.38. The molecule has 0 radical (unpaired) electrons. The second kappa shape index (κ2) is 12.7. The van der Waals surface area contributed by atoms with Gasteiger partial charge >= 0.3 is 0 Å². The predicted molar refractivity (Wildman–Crippen MR) is 154 cm³/mol. The van der Waals surface area contributed by atoms with Gasteiger partial charge in [-0.1, -0.05) is 59.6 Å². The van der Waals surface area contributed by atoms with Crippen molar-refractivity contribution in [2.24, 2.45) is 0 Å². The third-order valence-corrected chi connectivity index (χ3v) is 7.32. The number of benzene rings is 4. The van der Waals surface area contributed by atoms with E-state index in [1.807, 2.05) is 48.5 Å². The maximum Gasteiger partial charge on any atom is 0.255 e. The smallest absolute Gasteiger partial charge is 0.255 e. The van der Waals surface area contributed by atoms with Gasteiger partial charge < -0.3 is 20.1 Å². The van der Waals surface area contributed by atoms with Crippen molar-refractivity contribution in [3.8, 4) is 11.5 Å². The zero-order chi connectivity index (χ0) is 27.1. The molecular formula is C29H24Cl2N2O4S. The van der Waals surface area contributed by atoms with E-state index in [0.717, 1.165) is 10.5 Å². The SMILES string of the molecule is COc1ccc(C(=O)Nc2cccc(SC(C(=O)Nc3ccc(Cl)cc3Cl)c3ccccc3)c2)cc1OC. The van der Waals surface area contributed by atoms with Gasteiger partial charge in [0.25, 0.3) is 5.91 Å². The van der Waals surface area contributed by atoms with Crippen molar-refractivity contribution in [3.05, 3.63) is 112 Å². The molecule has 0 aliphatic heterocycles. The van der Waals surface area contributed by atoms with Gasteiger partial charge in [0, 0.05) is 21.2 Å². The van der Waals surface area contributed by atoms with E-state index in [9.17, 15) is 9.59 Å². The molecular weight excluding hydrogens is 543 g/mol. The Bertz CT molecular complexity index is 1450. The molecule has 194 valence electrons. The van der Waals surface area contributed by atoms with E-state index in [1.165, 1.54) is 26.0 Å². The summed E-state index contributed by atoms with van der Waals surface area (Å²) in [5.41, 5.74) is 2.29. The summed E-state index contributed by atoms with van der Waals surface area (Å²) in [4.78, 5) is 27.1. The van der Waals surface area contributed by atoms with Crippen molar-refractivity contribution in [1.82, 2.24) is 0 Å². The molecule has 6 nitrogen and oxygen atoms in total. The topological polar surface area (TPSA) is 76.7 Å². The Kier molecular flexibility index (Phi) is 9.18. The van der Waals surface area contributed by atoms with Crippen LogP contribution in [0.4, 0.5) is 11.4 Å². The number of methoxy groups -OCH3 is 2. The molecule has 0 fully saturated rings. The van der Waals surface area contributed by atoms with Crippen molar-refractivity contribution in [2.45, 2.75) is 10.1 Å². The van der Waals surface area contributed by atoms with Gasteiger partial charge in [-0.3, -0.25) is 9.59 Å². The minimum Gasteiger partial charge on any atom is -0.493 e. The summed E-state index contributed by atoms with van der Waals surface area (Å²) in [6, 6.07) is 26.6. The van der Waals surface area contributed by atoms with Crippen molar-refractivity contribution >= 4 is 58.2 Å². The molecule has 2 N–H and O–H groups in total. The number of halogens is 2. The summed E-state index contributed by atoms with van der Waals surface area (Å²) in [7, 11) is 3.05. The fourth-order valence-electron chi connectivity index (χ4n) is 3.65. The molecule has 1 atom stereocenters. The number of thioether (sulfide) groups is 1. The molecule has 4 aromatic rings. The van der Waals surface area contributed by atoms with Gasteiger partial charge in [0.15, 0.2) is 11.5 Å². The fourth-order valence-corrected chi connectivity index (χ4v) is 5.19. The molecule has 0 spiro atoms. The van der Waals surface area contributed by atoms with E-state index >= 15 is 0 Å². The van der Waals surface area contributed by atoms with Crippen LogP contribution in [0.2, 0.25) is 10.0 Å². The molecule has 0 bridgehead atoms. The minimum absolute atomic E-state index is 0.245. The average Bonchev–Trinajstić information content (AvgIpc) is 2.93. The normalized spacial score (nSPS) is 11.4. The first kappa shape index (κ1) is 27.4. The van der Waals surface area contributed by atoms with Crippen LogP contribution in [0.25, 0.3) is 0 Å². The molecule has 38 heavy (non-hydrogen) atoms. The first-order chi connectivity index (χ1) is 18.4. The lowest BCUT2D eigenvalue weighted by molar-refractivity contribution is -0.115. The first-order valence-corrected chi connectivity index (χ1v) is 13.1. The van der Waals surface area contributed by atoms with Gasteiger partial charge in [0.05, 0.1) is 24.9 Å². The summed E-state index contributed by atoms with van der Waals surface area (Å²) < 4.78 is 10.5. The number of hydrogen-bond donors (Lipinski definition) is 2. The largest absolute Gasteiger partial charge is 0.493 e. The van der Waals surface area contributed by atoms with E-state index in [4.69, 9.17) is 32.7 Å². The molecule has 0 heterocycles. The van der Waals surface area contributed by atoms with Gasteiger partial charge in [-0.05, 0) is 60.2 Å². The number of carbonyl (C=O) groups is 2. The highest BCUT2D eigenvalue weighted by Gasteiger charge is 2.23. The second-order valence-corrected chi connectivity index (χ2v) is 10.1. The highest BCUT2D eigenvalue weighted by atomic mass is 35.5. The second-order valence-electron chi connectivity index (χ2n) is 8.07. The van der Waals surface area contributed by atoms with E-state index in [1.54, 1.807) is 42.5 Å². The van der Waals surface area contributed by atoms with Crippen LogP contribution < -0.4 is 20.1 Å². The minimum atomic E-state index is -0.584. The molecule has 2 amide bonds. The maximum atomic E-state index is 13.4. The van der Waals surface area contributed by atoms with Crippen LogP contribution in [0.15, 0.2) is 95.9 Å². The van der Waals surface area contributed by atoms with Gasteiger partial charge in [0.2, 0.25) is 5.91 Å². The number of ether oxygens (including phenoxy) is 2. The van der Waals surface area contributed by atoms with Gasteiger partial charge in [-0.15, -0.1) is 11.8 Å². The van der Waals surface area contributed by atoms with Crippen molar-refractivity contribution in [1.29, 1.82) is 0 Å². The summed E-state index contributed by atoms with van der Waals surface area (Å²) in [5.74, 6) is 0.447. The molecule has 0 saturated carbocycles. The number of anilines is 2. The first-order valence-electron chi connectivity index (χ1n) is 11.5. The Morgan fingerprint density at radius 3 is 2.26 bits per heavy atom. The van der Waals surface area contributed by atoms with E-state index in [-0.39, 0.29) is 11.8 Å². The molecule has 0 aliphatic carbocycles. The zero-order valence-corrected chi connectivity index (χ0v) is 22.9. The maximum absolute atomic E-state index is 13.4. The summed E-state index contributed by atoms with van der Waals surface area (Å²) >= 11 is 13.6. The van der Waals surface area contributed by atoms with Gasteiger partial charge in [-0.2, -0.15) is 0 Å². The Labute approximate surface area is 235 Å². The van der Waals surface area contributed by atoms with E-state index in [0.29, 0.717) is 38.5 Å². The third kappa shape index (κ3) is 6.81. The fraction of sp³-hybridized carbons (Fsp3) is 0.103. The van der Waals surface area contributed by atoms with Crippen LogP contribution in [0.5, 0.6) is 11.5 Å². The molecule has 4 aromatic carbocycles. The van der Waals surface area contributed by atoms with Crippen molar-refractivity contribution < 1.29 is 19.1 Å². The Balaban J connectivity index is 1.54. The molecule has 0 aliphatic rings. The molecule has 1 unspecified atom stereocenters. The van der Waals surface area contributed by atoms with Crippen LogP contribution in [0, 0.1) is 0 Å². The Hall–Kier alpha value is -3.65. The van der Waals surface area contributed by atoms with Crippen LogP contribution in [0.1, 0.15) is 21.2 Å². The average molecular weight is 567 g/mol. The third-order valence-electron chi connectivity index (χ3n) is 5.52. The number of rotatable bonds is 9. The lowest BCUT2D eigenvalue weighted by Crippen LogP contribution is -2.19. The zero-order valence-electron chi connectivity index (χ0n) is 20.5. The Morgan fingerprint density at radius 2 is 1.55 bits per heavy atom. The monoisotopic (exact) mass is 566 g/mol. The van der Waals surface area contributed by atoms with E-state index in [2.05, 4.69) is 10.6 Å².